The molecule has 3 nitrogen and oxygen atoms in total. The lowest BCUT2D eigenvalue weighted by molar-refractivity contribution is -0.0457. The fourth-order valence-corrected chi connectivity index (χ4v) is 3.56. The lowest BCUT2D eigenvalue weighted by Gasteiger charge is -2.29. The van der Waals surface area contributed by atoms with Gasteiger partial charge in [0.1, 0.15) is 0 Å². The highest BCUT2D eigenvalue weighted by Crippen LogP contribution is 2.26. The van der Waals surface area contributed by atoms with Gasteiger partial charge in [-0.2, -0.15) is 0 Å². The Balaban J connectivity index is 1.60. The van der Waals surface area contributed by atoms with Crippen LogP contribution in [0.25, 0.3) is 0 Å². The van der Waals surface area contributed by atoms with Crippen LogP contribution in [0.2, 0.25) is 0 Å². The van der Waals surface area contributed by atoms with Crippen molar-refractivity contribution in [1.29, 1.82) is 0 Å². The van der Waals surface area contributed by atoms with Crippen molar-refractivity contribution in [2.45, 2.75) is 77.0 Å². The van der Waals surface area contributed by atoms with E-state index in [2.05, 4.69) is 19.2 Å². The highest BCUT2D eigenvalue weighted by molar-refractivity contribution is 4.81. The summed E-state index contributed by atoms with van der Waals surface area (Å²) in [5.41, 5.74) is 0. The summed E-state index contributed by atoms with van der Waals surface area (Å²) in [4.78, 5) is 0. The van der Waals surface area contributed by atoms with Crippen LogP contribution < -0.4 is 5.32 Å². The maximum absolute atomic E-state index is 10.0. The van der Waals surface area contributed by atoms with Gasteiger partial charge in [0.05, 0.1) is 18.8 Å². The number of rotatable bonds is 6. The summed E-state index contributed by atoms with van der Waals surface area (Å²) in [5.74, 6) is 1.41. The van der Waals surface area contributed by atoms with E-state index in [4.69, 9.17) is 4.74 Å². The van der Waals surface area contributed by atoms with Gasteiger partial charge in [-0.25, -0.2) is 0 Å². The number of nitrogens with one attached hydrogen (secondary N) is 1. The minimum Gasteiger partial charge on any atom is -0.389 e. The third kappa shape index (κ3) is 4.73. The molecule has 5 atom stereocenters. The smallest absolute Gasteiger partial charge is 0.0897 e. The van der Waals surface area contributed by atoms with Gasteiger partial charge in [0.2, 0.25) is 0 Å². The molecule has 0 aliphatic heterocycles. The average molecular weight is 269 g/mol. The molecule has 2 fully saturated rings. The Bertz CT molecular complexity index is 259. The topological polar surface area (TPSA) is 41.5 Å². The van der Waals surface area contributed by atoms with Crippen molar-refractivity contribution >= 4 is 0 Å². The molecule has 112 valence electrons. The molecule has 0 aromatic rings. The molecule has 2 rings (SSSR count). The zero-order chi connectivity index (χ0) is 13.7. The quantitative estimate of drug-likeness (QED) is 0.779. The van der Waals surface area contributed by atoms with E-state index in [1.165, 1.54) is 44.9 Å². The monoisotopic (exact) mass is 269 g/mol. The van der Waals surface area contributed by atoms with Gasteiger partial charge in [0.15, 0.2) is 0 Å². The van der Waals surface area contributed by atoms with Crippen molar-refractivity contribution in [2.75, 3.05) is 13.2 Å². The molecule has 0 aromatic carbocycles. The average Bonchev–Trinajstić information content (AvgIpc) is 2.81. The van der Waals surface area contributed by atoms with Crippen LogP contribution in [0.5, 0.6) is 0 Å². The summed E-state index contributed by atoms with van der Waals surface area (Å²) in [5, 5.41) is 13.5. The predicted octanol–water partition coefficient (Wildman–Crippen LogP) is 2.72. The number of aliphatic hydroxyl groups excluding tert-OH is 1. The fourth-order valence-electron chi connectivity index (χ4n) is 3.56. The molecule has 0 radical (unpaired) electrons. The zero-order valence-corrected chi connectivity index (χ0v) is 12.6. The van der Waals surface area contributed by atoms with Gasteiger partial charge in [0.25, 0.3) is 0 Å². The molecule has 2 aliphatic rings. The Kier molecular flexibility index (Phi) is 6.11. The first-order valence-corrected chi connectivity index (χ1v) is 8.20. The summed E-state index contributed by atoms with van der Waals surface area (Å²) in [7, 11) is 0. The van der Waals surface area contributed by atoms with Crippen molar-refractivity contribution in [1.82, 2.24) is 5.32 Å². The van der Waals surface area contributed by atoms with E-state index in [9.17, 15) is 5.11 Å². The Labute approximate surface area is 118 Å². The number of hydrogen-bond donors (Lipinski definition) is 2. The molecule has 2 aliphatic carbocycles. The summed E-state index contributed by atoms with van der Waals surface area (Å²) >= 11 is 0. The molecule has 5 unspecified atom stereocenters. The van der Waals surface area contributed by atoms with E-state index < -0.39 is 0 Å². The molecule has 0 heterocycles. The molecule has 0 amide bonds. The van der Waals surface area contributed by atoms with Gasteiger partial charge in [-0.3, -0.25) is 0 Å². The molecule has 0 aromatic heterocycles. The van der Waals surface area contributed by atoms with Crippen molar-refractivity contribution < 1.29 is 9.84 Å². The van der Waals surface area contributed by atoms with Crippen LogP contribution in [-0.4, -0.2) is 36.5 Å². The van der Waals surface area contributed by atoms with Crippen molar-refractivity contribution in [3.63, 3.8) is 0 Å². The van der Waals surface area contributed by atoms with E-state index >= 15 is 0 Å². The van der Waals surface area contributed by atoms with Gasteiger partial charge in [-0.15, -0.1) is 0 Å². The van der Waals surface area contributed by atoms with Crippen LogP contribution in [0.15, 0.2) is 0 Å². The molecular weight excluding hydrogens is 238 g/mol. The van der Waals surface area contributed by atoms with E-state index in [-0.39, 0.29) is 6.10 Å². The maximum atomic E-state index is 10.0. The summed E-state index contributed by atoms with van der Waals surface area (Å²) in [6, 6.07) is 0.600. The first kappa shape index (κ1) is 15.3. The third-order valence-electron chi connectivity index (χ3n) is 5.01. The first-order chi connectivity index (χ1) is 9.16. The molecule has 3 heteroatoms. The molecule has 0 bridgehead atoms. The molecule has 0 spiro atoms. The first-order valence-electron chi connectivity index (χ1n) is 8.20. The molecule has 19 heavy (non-hydrogen) atoms. The van der Waals surface area contributed by atoms with E-state index in [1.54, 1.807) is 0 Å². The van der Waals surface area contributed by atoms with E-state index in [1.807, 2.05) is 0 Å². The second-order valence-corrected chi connectivity index (χ2v) is 6.71. The lowest BCUT2D eigenvalue weighted by Crippen LogP contribution is -2.39. The van der Waals surface area contributed by atoms with Gasteiger partial charge in [-0.1, -0.05) is 33.1 Å². The fraction of sp³-hybridized carbons (Fsp3) is 1.00. The third-order valence-corrected chi connectivity index (χ3v) is 5.01. The van der Waals surface area contributed by atoms with Crippen LogP contribution >= 0.6 is 0 Å². The number of aliphatic hydroxyl groups is 1. The number of ether oxygens (including phenoxy) is 1. The van der Waals surface area contributed by atoms with E-state index in [0.717, 1.165) is 5.92 Å². The second kappa shape index (κ2) is 7.61. The van der Waals surface area contributed by atoms with E-state index in [0.29, 0.717) is 31.2 Å². The van der Waals surface area contributed by atoms with Crippen LogP contribution in [0.1, 0.15) is 58.8 Å². The Morgan fingerprint density at radius 3 is 2.47 bits per heavy atom. The van der Waals surface area contributed by atoms with Gasteiger partial charge < -0.3 is 15.2 Å². The largest absolute Gasteiger partial charge is 0.389 e. The highest BCUT2D eigenvalue weighted by Gasteiger charge is 2.25. The maximum Gasteiger partial charge on any atom is 0.0897 e. The van der Waals surface area contributed by atoms with Crippen LogP contribution in [0.4, 0.5) is 0 Å². The Hall–Kier alpha value is -0.120. The van der Waals surface area contributed by atoms with Gasteiger partial charge in [0, 0.05) is 12.6 Å². The lowest BCUT2D eigenvalue weighted by atomic mass is 9.88. The minimum atomic E-state index is -0.359. The normalized spacial score (nSPS) is 37.4. The van der Waals surface area contributed by atoms with Crippen molar-refractivity contribution in [3.8, 4) is 0 Å². The summed E-state index contributed by atoms with van der Waals surface area (Å²) in [6.45, 7) is 5.74. The van der Waals surface area contributed by atoms with Crippen molar-refractivity contribution in [2.24, 2.45) is 11.8 Å². The van der Waals surface area contributed by atoms with Gasteiger partial charge in [-0.05, 0) is 37.5 Å². The Morgan fingerprint density at radius 2 is 1.79 bits per heavy atom. The molecular formula is C16H31NO2. The standard InChI is InChI=1S/C16H31NO2/c1-12-7-5-8-15(12)17-10-14(18)11-19-16-9-4-3-6-13(16)2/h12-18H,3-11H2,1-2H3. The van der Waals surface area contributed by atoms with Crippen LogP contribution in [-0.2, 0) is 4.74 Å². The second-order valence-electron chi connectivity index (χ2n) is 6.71. The zero-order valence-electron chi connectivity index (χ0n) is 12.6. The summed E-state index contributed by atoms with van der Waals surface area (Å²) in [6.07, 6.45) is 8.98. The summed E-state index contributed by atoms with van der Waals surface area (Å²) < 4.78 is 5.91. The predicted molar refractivity (Wildman–Crippen MR) is 78.2 cm³/mol. The minimum absolute atomic E-state index is 0.359. The molecule has 2 saturated carbocycles. The van der Waals surface area contributed by atoms with Crippen LogP contribution in [0.3, 0.4) is 0 Å². The SMILES string of the molecule is CC1CCCC1NCC(O)COC1CCCCC1C. The molecule has 2 N–H and O–H groups in total. The van der Waals surface area contributed by atoms with Crippen molar-refractivity contribution in [3.05, 3.63) is 0 Å². The highest BCUT2D eigenvalue weighted by atomic mass is 16.5. The van der Waals surface area contributed by atoms with Crippen LogP contribution in [0, 0.1) is 11.8 Å². The number of hydrogen-bond acceptors (Lipinski definition) is 3. The Morgan fingerprint density at radius 1 is 1.05 bits per heavy atom. The van der Waals surface area contributed by atoms with Gasteiger partial charge >= 0.3 is 0 Å². The molecule has 0 saturated heterocycles.